The van der Waals surface area contributed by atoms with E-state index in [-0.39, 0.29) is 11.9 Å². The van der Waals surface area contributed by atoms with E-state index in [1.807, 2.05) is 16.5 Å². The molecule has 1 atom stereocenters. The minimum atomic E-state index is 0.0661. The lowest BCUT2D eigenvalue weighted by atomic mass is 10.2. The number of carbonyl (C=O) groups excluding carboxylic acids is 1. The quantitative estimate of drug-likeness (QED) is 0.849. The van der Waals surface area contributed by atoms with Gasteiger partial charge in [-0.3, -0.25) is 4.79 Å². The summed E-state index contributed by atoms with van der Waals surface area (Å²) >= 11 is 1.66. The molecule has 0 aromatic carbocycles. The molecule has 1 aromatic rings. The van der Waals surface area contributed by atoms with Crippen LogP contribution in [0.4, 0.5) is 5.13 Å². The van der Waals surface area contributed by atoms with Crippen LogP contribution in [0.2, 0.25) is 0 Å². The van der Waals surface area contributed by atoms with Crippen molar-refractivity contribution < 1.29 is 4.79 Å². The number of anilines is 1. The van der Waals surface area contributed by atoms with Crippen molar-refractivity contribution in [2.24, 2.45) is 0 Å². The highest BCUT2D eigenvalue weighted by atomic mass is 32.1. The molecule has 1 amide bonds. The monoisotopic (exact) mass is 266 g/mol. The summed E-state index contributed by atoms with van der Waals surface area (Å²) in [6.45, 7) is 4.40. The summed E-state index contributed by atoms with van der Waals surface area (Å²) in [5, 5.41) is 6.34. The molecule has 0 spiro atoms. The number of carbonyl (C=O) groups is 1. The van der Waals surface area contributed by atoms with E-state index < -0.39 is 0 Å². The van der Waals surface area contributed by atoms with Crippen LogP contribution < -0.4 is 10.2 Å². The maximum absolute atomic E-state index is 12.2. The summed E-state index contributed by atoms with van der Waals surface area (Å²) < 4.78 is 0. The van der Waals surface area contributed by atoms with E-state index in [0.717, 1.165) is 50.7 Å². The number of aromatic nitrogens is 1. The number of rotatable bonds is 2. The fourth-order valence-corrected chi connectivity index (χ4v) is 3.30. The van der Waals surface area contributed by atoms with Gasteiger partial charge >= 0.3 is 0 Å². The maximum atomic E-state index is 12.2. The van der Waals surface area contributed by atoms with Gasteiger partial charge < -0.3 is 15.1 Å². The Hall–Kier alpha value is -1.14. The normalized spacial score (nSPS) is 24.6. The first-order valence-corrected chi connectivity index (χ1v) is 7.39. The number of nitrogens with zero attached hydrogens (tertiary/aromatic N) is 3. The van der Waals surface area contributed by atoms with Gasteiger partial charge in [0.15, 0.2) is 5.13 Å². The molecule has 0 bridgehead atoms. The van der Waals surface area contributed by atoms with Crippen LogP contribution in [-0.4, -0.2) is 54.6 Å². The van der Waals surface area contributed by atoms with Crippen LogP contribution in [-0.2, 0) is 4.79 Å². The molecule has 1 unspecified atom stereocenters. The van der Waals surface area contributed by atoms with Crippen LogP contribution in [0.1, 0.15) is 12.8 Å². The molecule has 2 aliphatic heterocycles. The molecule has 3 heterocycles. The first kappa shape index (κ1) is 11.9. The maximum Gasteiger partial charge on any atom is 0.239 e. The highest BCUT2D eigenvalue weighted by molar-refractivity contribution is 7.13. The molecule has 1 aromatic heterocycles. The van der Waals surface area contributed by atoms with Gasteiger partial charge in [0.25, 0.3) is 0 Å². The van der Waals surface area contributed by atoms with Gasteiger partial charge in [-0.2, -0.15) is 0 Å². The summed E-state index contributed by atoms with van der Waals surface area (Å²) in [6, 6.07) is 0.0661. The third-order valence-corrected chi connectivity index (χ3v) is 4.47. The third kappa shape index (κ3) is 2.35. The van der Waals surface area contributed by atoms with Crippen LogP contribution in [0.15, 0.2) is 11.6 Å². The van der Waals surface area contributed by atoms with Gasteiger partial charge in [-0.1, -0.05) is 0 Å². The van der Waals surface area contributed by atoms with Crippen molar-refractivity contribution in [1.29, 1.82) is 0 Å². The van der Waals surface area contributed by atoms with Crippen molar-refractivity contribution in [3.8, 4) is 0 Å². The molecule has 0 saturated carbocycles. The van der Waals surface area contributed by atoms with Crippen molar-refractivity contribution in [3.63, 3.8) is 0 Å². The van der Waals surface area contributed by atoms with E-state index in [1.165, 1.54) is 0 Å². The molecular weight excluding hydrogens is 248 g/mol. The van der Waals surface area contributed by atoms with E-state index in [9.17, 15) is 4.79 Å². The van der Waals surface area contributed by atoms with E-state index in [0.29, 0.717) is 0 Å². The van der Waals surface area contributed by atoms with Gasteiger partial charge in [0, 0.05) is 37.8 Å². The van der Waals surface area contributed by atoms with Crippen LogP contribution >= 0.6 is 11.3 Å². The van der Waals surface area contributed by atoms with Crippen molar-refractivity contribution in [3.05, 3.63) is 11.6 Å². The van der Waals surface area contributed by atoms with Gasteiger partial charge in [-0.05, 0) is 19.4 Å². The Balaban J connectivity index is 1.55. The molecule has 2 saturated heterocycles. The number of hydrogen-bond donors (Lipinski definition) is 1. The molecule has 2 aliphatic rings. The van der Waals surface area contributed by atoms with E-state index in [4.69, 9.17) is 0 Å². The second-order valence-electron chi connectivity index (χ2n) is 4.78. The SMILES string of the molecule is O=C(C1CCCN1)N1CCN(c2nccs2)CC1. The smallest absolute Gasteiger partial charge is 0.239 e. The summed E-state index contributed by atoms with van der Waals surface area (Å²) in [5.41, 5.74) is 0. The molecule has 5 nitrogen and oxygen atoms in total. The largest absolute Gasteiger partial charge is 0.345 e. The molecule has 3 rings (SSSR count). The first-order valence-electron chi connectivity index (χ1n) is 6.51. The minimum Gasteiger partial charge on any atom is -0.345 e. The highest BCUT2D eigenvalue weighted by Gasteiger charge is 2.29. The van der Waals surface area contributed by atoms with Crippen LogP contribution in [0.25, 0.3) is 0 Å². The summed E-state index contributed by atoms with van der Waals surface area (Å²) in [7, 11) is 0. The van der Waals surface area contributed by atoms with Crippen LogP contribution in [0.5, 0.6) is 0 Å². The van der Waals surface area contributed by atoms with Gasteiger partial charge in [0.2, 0.25) is 5.91 Å². The zero-order valence-electron chi connectivity index (χ0n) is 10.3. The Morgan fingerprint density at radius 1 is 1.39 bits per heavy atom. The van der Waals surface area contributed by atoms with Crippen molar-refractivity contribution in [2.75, 3.05) is 37.6 Å². The Labute approximate surface area is 111 Å². The Bertz CT molecular complexity index is 394. The Morgan fingerprint density at radius 3 is 2.83 bits per heavy atom. The third-order valence-electron chi connectivity index (χ3n) is 3.64. The van der Waals surface area contributed by atoms with E-state index in [1.54, 1.807) is 11.3 Å². The zero-order chi connectivity index (χ0) is 12.4. The average molecular weight is 266 g/mol. The average Bonchev–Trinajstić information content (AvgIpc) is 3.11. The number of thiazole rings is 1. The van der Waals surface area contributed by atoms with Gasteiger partial charge in [0.05, 0.1) is 6.04 Å². The van der Waals surface area contributed by atoms with Crippen LogP contribution in [0, 0.1) is 0 Å². The summed E-state index contributed by atoms with van der Waals surface area (Å²) in [5.74, 6) is 0.284. The molecule has 2 fully saturated rings. The molecule has 6 heteroatoms. The molecule has 18 heavy (non-hydrogen) atoms. The van der Waals surface area contributed by atoms with Crippen molar-refractivity contribution >= 4 is 22.4 Å². The second kappa shape index (κ2) is 5.24. The molecule has 0 radical (unpaired) electrons. The predicted octanol–water partition coefficient (Wildman–Crippen LogP) is 0.544. The lowest BCUT2D eigenvalue weighted by Gasteiger charge is -2.35. The number of amides is 1. The first-order chi connectivity index (χ1) is 8.84. The lowest BCUT2D eigenvalue weighted by Crippen LogP contribution is -2.53. The zero-order valence-corrected chi connectivity index (χ0v) is 11.2. The Morgan fingerprint density at radius 2 is 2.22 bits per heavy atom. The van der Waals surface area contributed by atoms with Gasteiger partial charge in [0.1, 0.15) is 0 Å². The molecular formula is C12H18N4OS. The fraction of sp³-hybridized carbons (Fsp3) is 0.667. The van der Waals surface area contributed by atoms with Gasteiger partial charge in [-0.15, -0.1) is 11.3 Å². The molecule has 1 N–H and O–H groups in total. The van der Waals surface area contributed by atoms with Crippen molar-refractivity contribution in [1.82, 2.24) is 15.2 Å². The highest BCUT2D eigenvalue weighted by Crippen LogP contribution is 2.19. The lowest BCUT2D eigenvalue weighted by molar-refractivity contribution is -0.133. The fourth-order valence-electron chi connectivity index (χ4n) is 2.61. The van der Waals surface area contributed by atoms with E-state index >= 15 is 0 Å². The molecule has 98 valence electrons. The summed E-state index contributed by atoms with van der Waals surface area (Å²) in [4.78, 5) is 20.8. The number of nitrogens with one attached hydrogen (secondary N) is 1. The topological polar surface area (TPSA) is 48.5 Å². The Kier molecular flexibility index (Phi) is 3.47. The second-order valence-corrected chi connectivity index (χ2v) is 5.65. The minimum absolute atomic E-state index is 0.0661. The predicted molar refractivity (Wildman–Crippen MR) is 71.9 cm³/mol. The number of piperazine rings is 1. The number of hydrogen-bond acceptors (Lipinski definition) is 5. The molecule has 0 aliphatic carbocycles. The van der Waals surface area contributed by atoms with E-state index in [2.05, 4.69) is 15.2 Å². The van der Waals surface area contributed by atoms with Gasteiger partial charge in [-0.25, -0.2) is 4.98 Å². The van der Waals surface area contributed by atoms with Crippen LogP contribution in [0.3, 0.4) is 0 Å². The standard InChI is InChI=1S/C12H18N4OS/c17-11(10-2-1-3-13-10)15-5-7-16(8-6-15)12-14-4-9-18-12/h4,9-10,13H,1-3,5-8H2. The van der Waals surface area contributed by atoms with Crippen molar-refractivity contribution in [2.45, 2.75) is 18.9 Å². The summed E-state index contributed by atoms with van der Waals surface area (Å²) in [6.07, 6.45) is 3.95.